The Morgan fingerprint density at radius 2 is 2.39 bits per heavy atom. The number of rotatable bonds is 5. The standard InChI is InChI=1S/C14H20N2O2/c1-18-13-4-2-3-12(7-13)14(17)10-16-6-5-11(8-15)9-16/h2-4,7,11H,5-6,8-10,15H2,1H3. The molecular formula is C14H20N2O2. The fraction of sp³-hybridized carbons (Fsp3) is 0.500. The molecule has 0 spiro atoms. The van der Waals surface area contributed by atoms with Crippen molar-refractivity contribution in [1.82, 2.24) is 4.90 Å². The molecule has 4 nitrogen and oxygen atoms in total. The molecule has 0 radical (unpaired) electrons. The molecule has 1 saturated heterocycles. The number of ether oxygens (including phenoxy) is 1. The number of Topliss-reactive ketones (excluding diaryl/α,β-unsaturated/α-hetero) is 1. The zero-order chi connectivity index (χ0) is 13.0. The smallest absolute Gasteiger partial charge is 0.176 e. The third kappa shape index (κ3) is 3.09. The van der Waals surface area contributed by atoms with Crippen molar-refractivity contribution in [2.24, 2.45) is 11.7 Å². The minimum atomic E-state index is 0.145. The van der Waals surface area contributed by atoms with Crippen LogP contribution in [-0.4, -0.2) is 44.0 Å². The highest BCUT2D eigenvalue weighted by Gasteiger charge is 2.23. The van der Waals surface area contributed by atoms with Gasteiger partial charge in [0.1, 0.15) is 5.75 Å². The van der Waals surface area contributed by atoms with Crippen LogP contribution in [0, 0.1) is 5.92 Å². The van der Waals surface area contributed by atoms with Crippen LogP contribution in [0.25, 0.3) is 0 Å². The molecule has 1 aliphatic rings. The van der Waals surface area contributed by atoms with E-state index in [9.17, 15) is 4.79 Å². The molecular weight excluding hydrogens is 228 g/mol. The van der Waals surface area contributed by atoms with Crippen molar-refractivity contribution < 1.29 is 9.53 Å². The second kappa shape index (κ2) is 5.98. The molecule has 1 atom stereocenters. The molecule has 1 fully saturated rings. The van der Waals surface area contributed by atoms with Crippen LogP contribution in [0.2, 0.25) is 0 Å². The molecule has 1 aromatic rings. The third-order valence-electron chi connectivity index (χ3n) is 3.46. The van der Waals surface area contributed by atoms with Crippen LogP contribution in [0.15, 0.2) is 24.3 Å². The van der Waals surface area contributed by atoms with Gasteiger partial charge in [0.25, 0.3) is 0 Å². The average molecular weight is 248 g/mol. The summed E-state index contributed by atoms with van der Waals surface area (Å²) < 4.78 is 5.13. The average Bonchev–Trinajstić information content (AvgIpc) is 2.86. The van der Waals surface area contributed by atoms with Gasteiger partial charge in [0.2, 0.25) is 0 Å². The lowest BCUT2D eigenvalue weighted by Crippen LogP contribution is -2.29. The van der Waals surface area contributed by atoms with E-state index in [1.165, 1.54) is 0 Å². The molecule has 1 heterocycles. The monoisotopic (exact) mass is 248 g/mol. The summed E-state index contributed by atoms with van der Waals surface area (Å²) in [6.45, 7) is 3.09. The summed E-state index contributed by atoms with van der Waals surface area (Å²) in [4.78, 5) is 14.3. The van der Waals surface area contributed by atoms with E-state index >= 15 is 0 Å². The topological polar surface area (TPSA) is 55.6 Å². The Hall–Kier alpha value is -1.39. The second-order valence-corrected chi connectivity index (χ2v) is 4.78. The van der Waals surface area contributed by atoms with Crippen LogP contribution in [0.3, 0.4) is 0 Å². The molecule has 18 heavy (non-hydrogen) atoms. The SMILES string of the molecule is COc1cccc(C(=O)CN2CCC(CN)C2)c1. The van der Waals surface area contributed by atoms with E-state index in [1.54, 1.807) is 13.2 Å². The first-order valence-electron chi connectivity index (χ1n) is 6.32. The van der Waals surface area contributed by atoms with Crippen molar-refractivity contribution in [1.29, 1.82) is 0 Å². The molecule has 2 N–H and O–H groups in total. The number of methoxy groups -OCH3 is 1. The number of hydrogen-bond donors (Lipinski definition) is 1. The fourth-order valence-corrected chi connectivity index (χ4v) is 2.34. The van der Waals surface area contributed by atoms with Gasteiger partial charge in [-0.25, -0.2) is 0 Å². The van der Waals surface area contributed by atoms with Crippen LogP contribution in [0.4, 0.5) is 0 Å². The molecule has 1 unspecified atom stereocenters. The van der Waals surface area contributed by atoms with Gasteiger partial charge in [0.15, 0.2) is 5.78 Å². The van der Waals surface area contributed by atoms with Crippen LogP contribution in [-0.2, 0) is 0 Å². The van der Waals surface area contributed by atoms with E-state index in [4.69, 9.17) is 10.5 Å². The second-order valence-electron chi connectivity index (χ2n) is 4.78. The van der Waals surface area contributed by atoms with E-state index in [0.29, 0.717) is 24.6 Å². The number of carbonyl (C=O) groups excluding carboxylic acids is 1. The largest absolute Gasteiger partial charge is 0.497 e. The molecule has 0 saturated carbocycles. The van der Waals surface area contributed by atoms with Crippen molar-refractivity contribution in [3.05, 3.63) is 29.8 Å². The molecule has 4 heteroatoms. The van der Waals surface area contributed by atoms with Gasteiger partial charge in [-0.3, -0.25) is 9.69 Å². The molecule has 0 aliphatic carbocycles. The molecule has 0 amide bonds. The first-order valence-corrected chi connectivity index (χ1v) is 6.32. The van der Waals surface area contributed by atoms with Gasteiger partial charge in [-0.05, 0) is 37.6 Å². The van der Waals surface area contributed by atoms with E-state index in [0.717, 1.165) is 25.3 Å². The van der Waals surface area contributed by atoms with Crippen LogP contribution >= 0.6 is 0 Å². The lowest BCUT2D eigenvalue weighted by atomic mass is 10.1. The number of nitrogens with two attached hydrogens (primary N) is 1. The zero-order valence-corrected chi connectivity index (χ0v) is 10.8. The Bertz CT molecular complexity index is 420. The van der Waals surface area contributed by atoms with E-state index in [2.05, 4.69) is 4.90 Å². The van der Waals surface area contributed by atoms with Crippen LogP contribution in [0.5, 0.6) is 5.75 Å². The van der Waals surface area contributed by atoms with Crippen molar-refractivity contribution >= 4 is 5.78 Å². The molecule has 0 aromatic heterocycles. The molecule has 98 valence electrons. The first-order chi connectivity index (χ1) is 8.72. The lowest BCUT2D eigenvalue weighted by molar-refractivity contribution is 0.0943. The summed E-state index contributed by atoms with van der Waals surface area (Å²) in [5, 5.41) is 0. The maximum Gasteiger partial charge on any atom is 0.176 e. The van der Waals surface area contributed by atoms with Gasteiger partial charge >= 0.3 is 0 Å². The summed E-state index contributed by atoms with van der Waals surface area (Å²) in [5.74, 6) is 1.41. The predicted octanol–water partition coefficient (Wildman–Crippen LogP) is 1.16. The van der Waals surface area contributed by atoms with Crippen molar-refractivity contribution in [3.8, 4) is 5.75 Å². The summed E-state index contributed by atoms with van der Waals surface area (Å²) in [5.41, 5.74) is 6.36. The zero-order valence-electron chi connectivity index (χ0n) is 10.8. The van der Waals surface area contributed by atoms with E-state index < -0.39 is 0 Å². The van der Waals surface area contributed by atoms with Crippen molar-refractivity contribution in [2.45, 2.75) is 6.42 Å². The highest BCUT2D eigenvalue weighted by Crippen LogP contribution is 2.17. The Morgan fingerprint density at radius 1 is 1.56 bits per heavy atom. The quantitative estimate of drug-likeness (QED) is 0.794. The number of likely N-dealkylation sites (tertiary alicyclic amines) is 1. The van der Waals surface area contributed by atoms with Crippen molar-refractivity contribution in [2.75, 3.05) is 33.3 Å². The number of carbonyl (C=O) groups is 1. The van der Waals surface area contributed by atoms with Gasteiger partial charge in [-0.2, -0.15) is 0 Å². The third-order valence-corrected chi connectivity index (χ3v) is 3.46. The summed E-state index contributed by atoms with van der Waals surface area (Å²) in [6, 6.07) is 7.32. The Kier molecular flexibility index (Phi) is 4.33. The Balaban J connectivity index is 1.95. The Morgan fingerprint density at radius 3 is 3.06 bits per heavy atom. The molecule has 2 rings (SSSR count). The minimum absolute atomic E-state index is 0.145. The van der Waals surface area contributed by atoms with E-state index in [-0.39, 0.29) is 5.78 Å². The number of benzene rings is 1. The van der Waals surface area contributed by atoms with Gasteiger partial charge in [0, 0.05) is 12.1 Å². The number of ketones is 1. The maximum absolute atomic E-state index is 12.1. The number of nitrogens with zero attached hydrogens (tertiary/aromatic N) is 1. The lowest BCUT2D eigenvalue weighted by Gasteiger charge is -2.14. The molecule has 1 aliphatic heterocycles. The highest BCUT2D eigenvalue weighted by molar-refractivity contribution is 5.97. The highest BCUT2D eigenvalue weighted by atomic mass is 16.5. The number of hydrogen-bond acceptors (Lipinski definition) is 4. The van der Waals surface area contributed by atoms with Gasteiger partial charge in [-0.15, -0.1) is 0 Å². The first kappa shape index (κ1) is 13.1. The Labute approximate surface area is 108 Å². The predicted molar refractivity (Wildman–Crippen MR) is 70.9 cm³/mol. The minimum Gasteiger partial charge on any atom is -0.497 e. The normalized spacial score (nSPS) is 20.0. The molecule has 0 bridgehead atoms. The van der Waals surface area contributed by atoms with Crippen LogP contribution < -0.4 is 10.5 Å². The van der Waals surface area contributed by atoms with Gasteiger partial charge in [0.05, 0.1) is 13.7 Å². The summed E-state index contributed by atoms with van der Waals surface area (Å²) >= 11 is 0. The molecule has 1 aromatic carbocycles. The fourth-order valence-electron chi connectivity index (χ4n) is 2.34. The van der Waals surface area contributed by atoms with E-state index in [1.807, 2.05) is 18.2 Å². The van der Waals surface area contributed by atoms with Gasteiger partial charge in [-0.1, -0.05) is 12.1 Å². The van der Waals surface area contributed by atoms with Crippen molar-refractivity contribution in [3.63, 3.8) is 0 Å². The summed E-state index contributed by atoms with van der Waals surface area (Å²) in [6.07, 6.45) is 1.10. The summed E-state index contributed by atoms with van der Waals surface area (Å²) in [7, 11) is 1.61. The van der Waals surface area contributed by atoms with Crippen LogP contribution in [0.1, 0.15) is 16.8 Å². The van der Waals surface area contributed by atoms with Gasteiger partial charge < -0.3 is 10.5 Å². The maximum atomic E-state index is 12.1.